The molecule has 0 radical (unpaired) electrons. The maximum Gasteiger partial charge on any atom is 0.190 e. The van der Waals surface area contributed by atoms with Crippen molar-refractivity contribution in [2.24, 2.45) is 5.92 Å². The first kappa shape index (κ1) is 16.6. The summed E-state index contributed by atoms with van der Waals surface area (Å²) in [6.07, 6.45) is 4.01. The van der Waals surface area contributed by atoms with Crippen molar-refractivity contribution in [3.05, 3.63) is 95.1 Å². The number of benzene rings is 2. The highest BCUT2D eigenvalue weighted by molar-refractivity contribution is 6.24. The van der Waals surface area contributed by atoms with Crippen molar-refractivity contribution in [1.29, 1.82) is 0 Å². The summed E-state index contributed by atoms with van der Waals surface area (Å²) in [5, 5.41) is 0. The molecule has 0 saturated carbocycles. The molecule has 1 unspecified atom stereocenters. The molecule has 1 aliphatic carbocycles. The number of halogens is 2. The van der Waals surface area contributed by atoms with Crippen molar-refractivity contribution < 1.29 is 23.2 Å². The van der Waals surface area contributed by atoms with Gasteiger partial charge in [0, 0.05) is 16.7 Å². The lowest BCUT2D eigenvalue weighted by molar-refractivity contribution is -0.116. The fourth-order valence-corrected chi connectivity index (χ4v) is 2.62. The Morgan fingerprint density at radius 1 is 0.800 bits per heavy atom. The monoisotopic (exact) mass is 338 g/mol. The summed E-state index contributed by atoms with van der Waals surface area (Å²) >= 11 is 0. The van der Waals surface area contributed by atoms with Crippen LogP contribution in [0.15, 0.2) is 72.3 Å². The molecule has 0 fully saturated rings. The molecular weight excluding hydrogens is 326 g/mol. The van der Waals surface area contributed by atoms with E-state index >= 15 is 0 Å². The zero-order chi connectivity index (χ0) is 18.0. The Balaban J connectivity index is 1.97. The Bertz CT molecular complexity index is 907. The van der Waals surface area contributed by atoms with E-state index < -0.39 is 34.9 Å². The van der Waals surface area contributed by atoms with Crippen LogP contribution in [0.1, 0.15) is 20.7 Å². The zero-order valence-electron chi connectivity index (χ0n) is 12.9. The third kappa shape index (κ3) is 3.35. The second-order valence-corrected chi connectivity index (χ2v) is 5.52. The molecule has 2 aromatic carbocycles. The van der Waals surface area contributed by atoms with Crippen molar-refractivity contribution in [3.63, 3.8) is 0 Å². The molecule has 0 spiro atoms. The van der Waals surface area contributed by atoms with Crippen molar-refractivity contribution in [1.82, 2.24) is 0 Å². The lowest BCUT2D eigenvalue weighted by Crippen LogP contribution is -2.30. The Labute approximate surface area is 142 Å². The van der Waals surface area contributed by atoms with Gasteiger partial charge in [0.1, 0.15) is 17.6 Å². The maximum absolute atomic E-state index is 13.0. The quantitative estimate of drug-likeness (QED) is 0.631. The summed E-state index contributed by atoms with van der Waals surface area (Å²) < 4.78 is 26.1. The molecule has 0 heterocycles. The highest BCUT2D eigenvalue weighted by Gasteiger charge is 2.35. The SMILES string of the molecule is O=C(C1=CC=CC(=O)C1C(=O)c1ccc(F)cc1)c1ccc(F)cc1. The van der Waals surface area contributed by atoms with E-state index in [9.17, 15) is 23.2 Å². The Kier molecular flexibility index (Phi) is 4.48. The minimum atomic E-state index is -1.30. The Morgan fingerprint density at radius 2 is 1.32 bits per heavy atom. The van der Waals surface area contributed by atoms with Gasteiger partial charge in [0.15, 0.2) is 17.3 Å². The summed E-state index contributed by atoms with van der Waals surface area (Å²) in [5.41, 5.74) is 0.314. The summed E-state index contributed by atoms with van der Waals surface area (Å²) in [7, 11) is 0. The van der Waals surface area contributed by atoms with Gasteiger partial charge >= 0.3 is 0 Å². The number of allylic oxidation sites excluding steroid dienone is 4. The third-order valence-electron chi connectivity index (χ3n) is 3.89. The highest BCUT2D eigenvalue weighted by atomic mass is 19.1. The van der Waals surface area contributed by atoms with Gasteiger partial charge in [0.2, 0.25) is 0 Å². The Hall–Kier alpha value is -3.21. The van der Waals surface area contributed by atoms with Gasteiger partial charge in [-0.05, 0) is 54.6 Å². The Morgan fingerprint density at radius 3 is 1.88 bits per heavy atom. The van der Waals surface area contributed by atoms with Crippen LogP contribution in [-0.4, -0.2) is 17.3 Å². The van der Waals surface area contributed by atoms with Crippen LogP contribution in [0, 0.1) is 17.6 Å². The second kappa shape index (κ2) is 6.73. The van der Waals surface area contributed by atoms with Crippen LogP contribution >= 0.6 is 0 Å². The molecule has 3 rings (SSSR count). The maximum atomic E-state index is 13.0. The van der Waals surface area contributed by atoms with Gasteiger partial charge < -0.3 is 0 Å². The fraction of sp³-hybridized carbons (Fsp3) is 0.0500. The van der Waals surface area contributed by atoms with E-state index in [1.54, 1.807) is 0 Å². The van der Waals surface area contributed by atoms with E-state index in [-0.39, 0.29) is 16.7 Å². The van der Waals surface area contributed by atoms with E-state index in [1.807, 2.05) is 0 Å². The van der Waals surface area contributed by atoms with Gasteiger partial charge in [-0.2, -0.15) is 0 Å². The van der Waals surface area contributed by atoms with Crippen LogP contribution in [0.25, 0.3) is 0 Å². The normalized spacial score (nSPS) is 16.5. The zero-order valence-corrected chi connectivity index (χ0v) is 12.9. The van der Waals surface area contributed by atoms with Gasteiger partial charge in [0.05, 0.1) is 0 Å². The molecule has 0 aromatic heterocycles. The van der Waals surface area contributed by atoms with E-state index in [0.29, 0.717) is 0 Å². The summed E-state index contributed by atoms with van der Waals surface area (Å²) in [6, 6.07) is 9.60. The number of hydrogen-bond acceptors (Lipinski definition) is 3. The number of hydrogen-bond donors (Lipinski definition) is 0. The number of carbonyl (C=O) groups excluding carboxylic acids is 3. The summed E-state index contributed by atoms with van der Waals surface area (Å²) in [5.74, 6) is -3.95. The van der Waals surface area contributed by atoms with Crippen LogP contribution < -0.4 is 0 Å². The molecular formula is C20H12F2O3. The largest absolute Gasteiger partial charge is 0.294 e. The first-order valence-electron chi connectivity index (χ1n) is 7.49. The molecule has 0 saturated heterocycles. The van der Waals surface area contributed by atoms with Crippen LogP contribution in [0.4, 0.5) is 8.78 Å². The van der Waals surface area contributed by atoms with Crippen molar-refractivity contribution in [2.75, 3.05) is 0 Å². The highest BCUT2D eigenvalue weighted by Crippen LogP contribution is 2.26. The molecule has 0 aliphatic heterocycles. The topological polar surface area (TPSA) is 51.2 Å². The number of rotatable bonds is 4. The molecule has 1 aliphatic rings. The van der Waals surface area contributed by atoms with Gasteiger partial charge in [0.25, 0.3) is 0 Å². The van der Waals surface area contributed by atoms with E-state index in [4.69, 9.17) is 0 Å². The standard InChI is InChI=1S/C20H12F2O3/c21-14-8-4-12(5-9-14)19(24)16-2-1-3-17(23)18(16)20(25)13-6-10-15(22)11-7-13/h1-11,18H. The van der Waals surface area contributed by atoms with E-state index in [1.165, 1.54) is 42.5 Å². The van der Waals surface area contributed by atoms with Crippen LogP contribution in [-0.2, 0) is 4.79 Å². The van der Waals surface area contributed by atoms with Crippen molar-refractivity contribution in [2.45, 2.75) is 0 Å². The first-order chi connectivity index (χ1) is 12.0. The van der Waals surface area contributed by atoms with Gasteiger partial charge in [-0.3, -0.25) is 14.4 Å². The average Bonchev–Trinajstić information content (AvgIpc) is 2.61. The van der Waals surface area contributed by atoms with Crippen molar-refractivity contribution in [3.8, 4) is 0 Å². The van der Waals surface area contributed by atoms with Gasteiger partial charge in [-0.25, -0.2) is 8.78 Å². The molecule has 2 aromatic rings. The van der Waals surface area contributed by atoms with E-state index in [2.05, 4.69) is 0 Å². The number of carbonyl (C=O) groups is 3. The minimum absolute atomic E-state index is 0.00781. The smallest absolute Gasteiger partial charge is 0.190 e. The lowest BCUT2D eigenvalue weighted by atomic mass is 9.80. The molecule has 5 heteroatoms. The minimum Gasteiger partial charge on any atom is -0.294 e. The molecule has 0 N–H and O–H groups in total. The van der Waals surface area contributed by atoms with Crippen LogP contribution in [0.2, 0.25) is 0 Å². The van der Waals surface area contributed by atoms with Gasteiger partial charge in [-0.15, -0.1) is 0 Å². The van der Waals surface area contributed by atoms with Gasteiger partial charge in [-0.1, -0.05) is 12.2 Å². The van der Waals surface area contributed by atoms with Crippen LogP contribution in [0.3, 0.4) is 0 Å². The van der Waals surface area contributed by atoms with Crippen LogP contribution in [0.5, 0.6) is 0 Å². The second-order valence-electron chi connectivity index (χ2n) is 5.52. The molecule has 0 amide bonds. The average molecular weight is 338 g/mol. The molecule has 1 atom stereocenters. The number of Topliss-reactive ketones (excluding diaryl/α,β-unsaturated/α-hetero) is 2. The lowest BCUT2D eigenvalue weighted by Gasteiger charge is -2.18. The predicted octanol–water partition coefficient (Wildman–Crippen LogP) is 3.71. The van der Waals surface area contributed by atoms with E-state index in [0.717, 1.165) is 24.3 Å². The third-order valence-corrected chi connectivity index (χ3v) is 3.89. The molecule has 3 nitrogen and oxygen atoms in total. The first-order valence-corrected chi connectivity index (χ1v) is 7.49. The fourth-order valence-electron chi connectivity index (χ4n) is 2.62. The summed E-state index contributed by atoms with van der Waals surface area (Å²) in [6.45, 7) is 0. The van der Waals surface area contributed by atoms with Crippen molar-refractivity contribution >= 4 is 17.3 Å². The number of ketones is 3. The summed E-state index contributed by atoms with van der Waals surface area (Å²) in [4.78, 5) is 37.6. The molecule has 0 bridgehead atoms. The molecule has 124 valence electrons. The predicted molar refractivity (Wildman–Crippen MR) is 87.2 cm³/mol. The molecule has 25 heavy (non-hydrogen) atoms.